The minimum absolute atomic E-state index is 0.199. The van der Waals surface area contributed by atoms with E-state index in [4.69, 9.17) is 17.0 Å². The molecule has 128 valence electrons. The van der Waals surface area contributed by atoms with Gasteiger partial charge < -0.3 is 9.84 Å². The summed E-state index contributed by atoms with van der Waals surface area (Å²) in [6.07, 6.45) is 2.33. The number of rotatable bonds is 6. The second kappa shape index (κ2) is 7.81. The highest BCUT2D eigenvalue weighted by atomic mass is 32.2. The fraction of sp³-hybridized carbons (Fsp3) is 0.353. The smallest absolute Gasteiger partial charge is 0.327 e. The van der Waals surface area contributed by atoms with E-state index in [1.807, 2.05) is 25.1 Å². The maximum absolute atomic E-state index is 12.7. The molecule has 1 aliphatic heterocycles. The first-order valence-electron chi connectivity index (χ1n) is 7.53. The van der Waals surface area contributed by atoms with Gasteiger partial charge in [0.05, 0.1) is 12.0 Å². The van der Waals surface area contributed by atoms with Crippen molar-refractivity contribution in [3.05, 3.63) is 34.7 Å². The van der Waals surface area contributed by atoms with Gasteiger partial charge in [0.2, 0.25) is 0 Å². The van der Waals surface area contributed by atoms with Crippen LogP contribution in [0, 0.1) is 5.92 Å². The number of ether oxygens (including phenoxy) is 1. The molecule has 1 aromatic carbocycles. The number of thioether (sulfide) groups is 1. The number of carbonyl (C=O) groups excluding carboxylic acids is 1. The summed E-state index contributed by atoms with van der Waals surface area (Å²) in [7, 11) is 1.56. The van der Waals surface area contributed by atoms with Gasteiger partial charge in [-0.2, -0.15) is 0 Å². The molecular formula is C17H19NO4S2. The zero-order valence-corrected chi connectivity index (χ0v) is 15.3. The van der Waals surface area contributed by atoms with Crippen molar-refractivity contribution >= 4 is 46.3 Å². The Morgan fingerprint density at radius 3 is 2.71 bits per heavy atom. The predicted molar refractivity (Wildman–Crippen MR) is 98.9 cm³/mol. The first-order chi connectivity index (χ1) is 11.4. The van der Waals surface area contributed by atoms with Crippen LogP contribution in [0.3, 0.4) is 0 Å². The lowest BCUT2D eigenvalue weighted by atomic mass is 9.98. The van der Waals surface area contributed by atoms with Gasteiger partial charge in [0.15, 0.2) is 0 Å². The van der Waals surface area contributed by atoms with Gasteiger partial charge in [-0.15, -0.1) is 0 Å². The molecule has 0 aliphatic carbocycles. The van der Waals surface area contributed by atoms with Crippen LogP contribution in [-0.2, 0) is 9.59 Å². The van der Waals surface area contributed by atoms with Gasteiger partial charge in [0.25, 0.3) is 5.91 Å². The summed E-state index contributed by atoms with van der Waals surface area (Å²) in [6, 6.07) is 6.35. The maximum Gasteiger partial charge on any atom is 0.327 e. The minimum Gasteiger partial charge on any atom is -0.496 e. The molecule has 1 aliphatic rings. The molecule has 1 saturated heterocycles. The Balaban J connectivity index is 2.38. The molecule has 7 heteroatoms. The molecule has 0 spiro atoms. The van der Waals surface area contributed by atoms with E-state index in [1.54, 1.807) is 26.2 Å². The second-order valence-corrected chi connectivity index (χ2v) is 7.14. The highest BCUT2D eigenvalue weighted by Gasteiger charge is 2.42. The molecule has 5 nitrogen and oxygen atoms in total. The van der Waals surface area contributed by atoms with Gasteiger partial charge in [-0.1, -0.05) is 62.4 Å². The van der Waals surface area contributed by atoms with Crippen molar-refractivity contribution < 1.29 is 19.4 Å². The largest absolute Gasteiger partial charge is 0.496 e. The number of carbonyl (C=O) groups is 2. The Kier molecular flexibility index (Phi) is 6.01. The molecule has 0 bridgehead atoms. The van der Waals surface area contributed by atoms with E-state index in [-0.39, 0.29) is 16.1 Å². The third-order valence-electron chi connectivity index (χ3n) is 3.96. The average molecular weight is 365 g/mol. The van der Waals surface area contributed by atoms with Gasteiger partial charge >= 0.3 is 5.97 Å². The molecular weight excluding hydrogens is 346 g/mol. The number of nitrogens with zero attached hydrogens (tertiary/aromatic N) is 1. The zero-order chi connectivity index (χ0) is 17.9. The van der Waals surface area contributed by atoms with Crippen molar-refractivity contribution in [3.63, 3.8) is 0 Å². The Bertz CT molecular complexity index is 702. The molecule has 0 radical (unpaired) electrons. The van der Waals surface area contributed by atoms with Gasteiger partial charge in [-0.25, -0.2) is 4.79 Å². The molecule has 1 heterocycles. The number of thiocarbonyl (C=S) groups is 1. The third kappa shape index (κ3) is 3.62. The summed E-state index contributed by atoms with van der Waals surface area (Å²) in [5.41, 5.74) is 0.746. The minimum atomic E-state index is -1.04. The summed E-state index contributed by atoms with van der Waals surface area (Å²) >= 11 is 6.39. The molecule has 2 atom stereocenters. The maximum atomic E-state index is 12.7. The normalized spacial score (nSPS) is 18.8. The van der Waals surface area contributed by atoms with Crippen LogP contribution in [0.1, 0.15) is 25.8 Å². The molecule has 24 heavy (non-hydrogen) atoms. The summed E-state index contributed by atoms with van der Waals surface area (Å²) in [5, 5.41) is 9.53. The Hall–Kier alpha value is -1.86. The molecule has 1 aromatic rings. The molecule has 1 amide bonds. The van der Waals surface area contributed by atoms with E-state index in [9.17, 15) is 14.7 Å². The van der Waals surface area contributed by atoms with Crippen LogP contribution in [0.4, 0.5) is 0 Å². The van der Waals surface area contributed by atoms with Crippen LogP contribution < -0.4 is 4.74 Å². The van der Waals surface area contributed by atoms with Crippen molar-refractivity contribution in [3.8, 4) is 5.75 Å². The van der Waals surface area contributed by atoms with Crippen LogP contribution in [0.15, 0.2) is 29.2 Å². The lowest BCUT2D eigenvalue weighted by Crippen LogP contribution is -2.47. The van der Waals surface area contributed by atoms with Gasteiger partial charge in [0, 0.05) is 5.56 Å². The van der Waals surface area contributed by atoms with Crippen molar-refractivity contribution in [2.45, 2.75) is 26.3 Å². The fourth-order valence-electron chi connectivity index (χ4n) is 2.48. The SMILES string of the molecule is CC[C@H](C)[C@@H](C(=O)O)N1C(=O)/C(=C/c2ccccc2OC)SC1=S. The van der Waals surface area contributed by atoms with E-state index in [1.165, 1.54) is 4.90 Å². The monoisotopic (exact) mass is 365 g/mol. The summed E-state index contributed by atoms with van der Waals surface area (Å²) < 4.78 is 5.55. The molecule has 1 N–H and O–H groups in total. The Morgan fingerprint density at radius 2 is 2.12 bits per heavy atom. The first kappa shape index (κ1) is 18.5. The van der Waals surface area contributed by atoms with Crippen molar-refractivity contribution in [2.24, 2.45) is 5.92 Å². The lowest BCUT2D eigenvalue weighted by Gasteiger charge is -2.27. The van der Waals surface area contributed by atoms with E-state index in [0.717, 1.165) is 17.3 Å². The average Bonchev–Trinajstić information content (AvgIpc) is 2.83. The summed E-state index contributed by atoms with van der Waals surface area (Å²) in [4.78, 5) is 26.0. The zero-order valence-electron chi connectivity index (χ0n) is 13.7. The number of hydrogen-bond donors (Lipinski definition) is 1. The highest BCUT2D eigenvalue weighted by molar-refractivity contribution is 8.26. The topological polar surface area (TPSA) is 66.8 Å². The standard InChI is InChI=1S/C17H19NO4S2/c1-4-10(2)14(16(20)21)18-15(19)13(24-17(18)23)9-11-7-5-6-8-12(11)22-3/h5-10,14H,4H2,1-3H3,(H,20,21)/b13-9-/t10-,14-/m0/s1. The Morgan fingerprint density at radius 1 is 1.46 bits per heavy atom. The number of carboxylic acids is 1. The molecule has 0 saturated carbocycles. The van der Waals surface area contributed by atoms with E-state index in [0.29, 0.717) is 17.1 Å². The van der Waals surface area contributed by atoms with Gasteiger partial charge in [-0.3, -0.25) is 9.69 Å². The quantitative estimate of drug-likeness (QED) is 0.616. The number of carboxylic acid groups (broad SMARTS) is 1. The molecule has 0 unspecified atom stereocenters. The number of hydrogen-bond acceptors (Lipinski definition) is 5. The number of benzene rings is 1. The third-order valence-corrected chi connectivity index (χ3v) is 5.29. The van der Waals surface area contributed by atoms with Gasteiger partial charge in [0.1, 0.15) is 16.1 Å². The van der Waals surface area contributed by atoms with Crippen molar-refractivity contribution in [1.82, 2.24) is 4.90 Å². The number of aliphatic carboxylic acids is 1. The molecule has 1 fully saturated rings. The lowest BCUT2D eigenvalue weighted by molar-refractivity contribution is -0.147. The fourth-order valence-corrected chi connectivity index (χ4v) is 3.80. The molecule has 0 aromatic heterocycles. The van der Waals surface area contributed by atoms with Crippen LogP contribution in [0.25, 0.3) is 6.08 Å². The second-order valence-electron chi connectivity index (χ2n) is 5.46. The predicted octanol–water partition coefficient (Wildman–Crippen LogP) is 3.40. The summed E-state index contributed by atoms with van der Waals surface area (Å²) in [6.45, 7) is 3.70. The number of para-hydroxylation sites is 1. The first-order valence-corrected chi connectivity index (χ1v) is 8.76. The van der Waals surface area contributed by atoms with Crippen LogP contribution in [0.5, 0.6) is 5.75 Å². The Labute approximate surface area is 150 Å². The van der Waals surface area contributed by atoms with Crippen molar-refractivity contribution in [2.75, 3.05) is 7.11 Å². The number of methoxy groups -OCH3 is 1. The van der Waals surface area contributed by atoms with Crippen molar-refractivity contribution in [1.29, 1.82) is 0 Å². The van der Waals surface area contributed by atoms with Crippen LogP contribution >= 0.6 is 24.0 Å². The van der Waals surface area contributed by atoms with E-state index >= 15 is 0 Å². The number of amides is 1. The molecule has 2 rings (SSSR count). The van der Waals surface area contributed by atoms with E-state index < -0.39 is 12.0 Å². The van der Waals surface area contributed by atoms with Crippen LogP contribution in [0.2, 0.25) is 0 Å². The highest BCUT2D eigenvalue weighted by Crippen LogP contribution is 2.37. The summed E-state index contributed by atoms with van der Waals surface area (Å²) in [5.74, 6) is -0.974. The van der Waals surface area contributed by atoms with Gasteiger partial charge in [-0.05, 0) is 18.1 Å². The van der Waals surface area contributed by atoms with E-state index in [2.05, 4.69) is 0 Å². The van der Waals surface area contributed by atoms with Crippen LogP contribution in [-0.4, -0.2) is 39.4 Å².